The Hall–Kier alpha value is -2.10. The third-order valence-electron chi connectivity index (χ3n) is 6.74. The number of hydrogen-bond acceptors (Lipinski definition) is 3. The van der Waals surface area contributed by atoms with E-state index in [9.17, 15) is 15.3 Å². The summed E-state index contributed by atoms with van der Waals surface area (Å²) >= 11 is 0. The van der Waals surface area contributed by atoms with Crippen molar-refractivity contribution in [2.75, 3.05) is 0 Å². The summed E-state index contributed by atoms with van der Waals surface area (Å²) in [6, 6.07) is 15.0. The molecule has 0 spiro atoms. The lowest BCUT2D eigenvalue weighted by atomic mass is 9.50. The number of rotatable bonds is 2. The van der Waals surface area contributed by atoms with Gasteiger partial charge < -0.3 is 15.3 Å². The highest BCUT2D eigenvalue weighted by atomic mass is 16.4. The van der Waals surface area contributed by atoms with Crippen LogP contribution in [0.5, 0.6) is 5.75 Å². The van der Waals surface area contributed by atoms with Crippen molar-refractivity contribution in [3.8, 4) is 5.75 Å². The molecule has 0 unspecified atom stereocenters. The van der Waals surface area contributed by atoms with Gasteiger partial charge in [0.15, 0.2) is 0 Å². The van der Waals surface area contributed by atoms with Crippen LogP contribution >= 0.6 is 0 Å². The SMILES string of the molecule is CC[C@@]12C[C@@](C)(O)[C@](O)(c3ccccc3)C[C@H]1C=Cc1cc(O)ccc12. The number of phenolic OH excluding ortho intramolecular Hbond substituents is 1. The van der Waals surface area contributed by atoms with Crippen LogP contribution in [0.1, 0.15) is 49.8 Å². The van der Waals surface area contributed by atoms with Gasteiger partial charge in [-0.25, -0.2) is 0 Å². The predicted molar refractivity (Wildman–Crippen MR) is 103 cm³/mol. The first-order valence-corrected chi connectivity index (χ1v) is 9.34. The lowest BCUT2D eigenvalue weighted by molar-refractivity contribution is -0.198. The van der Waals surface area contributed by atoms with Gasteiger partial charge in [-0.15, -0.1) is 0 Å². The molecular weight excluding hydrogens is 324 g/mol. The van der Waals surface area contributed by atoms with Crippen LogP contribution in [-0.4, -0.2) is 20.9 Å². The van der Waals surface area contributed by atoms with Gasteiger partial charge in [-0.05, 0) is 60.9 Å². The third kappa shape index (κ3) is 2.27. The molecule has 0 aliphatic heterocycles. The third-order valence-corrected chi connectivity index (χ3v) is 6.74. The molecule has 3 N–H and O–H groups in total. The fraction of sp³-hybridized carbons (Fsp3) is 0.391. The van der Waals surface area contributed by atoms with Gasteiger partial charge in [0.2, 0.25) is 0 Å². The Balaban J connectivity index is 1.85. The Morgan fingerprint density at radius 2 is 1.81 bits per heavy atom. The zero-order valence-electron chi connectivity index (χ0n) is 15.3. The van der Waals surface area contributed by atoms with Gasteiger partial charge in [0.25, 0.3) is 0 Å². The smallest absolute Gasteiger partial charge is 0.119 e. The molecule has 3 nitrogen and oxygen atoms in total. The van der Waals surface area contributed by atoms with Crippen LogP contribution in [0.15, 0.2) is 54.6 Å². The fourth-order valence-electron chi connectivity index (χ4n) is 5.25. The van der Waals surface area contributed by atoms with Crippen LogP contribution in [0, 0.1) is 5.92 Å². The molecule has 4 rings (SSSR count). The summed E-state index contributed by atoms with van der Waals surface area (Å²) in [6.07, 6.45) is 5.98. The summed E-state index contributed by atoms with van der Waals surface area (Å²) in [5.41, 5.74) is 0.115. The zero-order valence-corrected chi connectivity index (χ0v) is 15.3. The second-order valence-electron chi connectivity index (χ2n) is 8.13. The van der Waals surface area contributed by atoms with Crippen molar-refractivity contribution in [2.24, 2.45) is 5.92 Å². The second kappa shape index (κ2) is 5.70. The van der Waals surface area contributed by atoms with Crippen molar-refractivity contribution in [1.82, 2.24) is 0 Å². The predicted octanol–water partition coefficient (Wildman–Crippen LogP) is 4.12. The maximum Gasteiger partial charge on any atom is 0.119 e. The minimum Gasteiger partial charge on any atom is -0.508 e. The lowest BCUT2D eigenvalue weighted by Gasteiger charge is -2.57. The van der Waals surface area contributed by atoms with Crippen LogP contribution < -0.4 is 0 Å². The first-order valence-electron chi connectivity index (χ1n) is 9.34. The van der Waals surface area contributed by atoms with E-state index in [1.165, 1.54) is 0 Å². The second-order valence-corrected chi connectivity index (χ2v) is 8.13. The fourth-order valence-corrected chi connectivity index (χ4v) is 5.25. The number of allylic oxidation sites excluding steroid dienone is 1. The first-order chi connectivity index (χ1) is 12.3. The topological polar surface area (TPSA) is 60.7 Å². The number of fused-ring (bicyclic) bond motifs is 3. The van der Waals surface area contributed by atoms with E-state index < -0.39 is 11.2 Å². The van der Waals surface area contributed by atoms with Crippen molar-refractivity contribution in [3.05, 3.63) is 71.3 Å². The van der Waals surface area contributed by atoms with E-state index >= 15 is 0 Å². The number of hydrogen-bond donors (Lipinski definition) is 3. The zero-order chi connectivity index (χ0) is 18.6. The molecule has 0 radical (unpaired) electrons. The number of benzene rings is 2. The van der Waals surface area contributed by atoms with E-state index in [-0.39, 0.29) is 17.1 Å². The molecule has 2 aliphatic carbocycles. The standard InChI is InChI=1S/C23H26O3/c1-3-22-15-21(2,25)23(26,17-7-5-4-6-8-17)14-18(22)10-9-16-13-19(24)11-12-20(16)22/h4-13,18,24-26H,3,14-15H2,1-2H3/t18-,21-,22-,23-/m1/s1. The summed E-state index contributed by atoms with van der Waals surface area (Å²) in [5.74, 6) is 0.372. The van der Waals surface area contributed by atoms with Crippen LogP contribution in [-0.2, 0) is 11.0 Å². The van der Waals surface area contributed by atoms with Gasteiger partial charge in [0, 0.05) is 5.41 Å². The van der Waals surface area contributed by atoms with Crippen molar-refractivity contribution in [1.29, 1.82) is 0 Å². The van der Waals surface area contributed by atoms with E-state index in [2.05, 4.69) is 13.0 Å². The summed E-state index contributed by atoms with van der Waals surface area (Å²) in [5, 5.41) is 32.9. The van der Waals surface area contributed by atoms with Gasteiger partial charge in [-0.1, -0.05) is 55.5 Å². The van der Waals surface area contributed by atoms with E-state index in [1.807, 2.05) is 42.5 Å². The van der Waals surface area contributed by atoms with E-state index in [0.29, 0.717) is 12.8 Å². The Morgan fingerprint density at radius 3 is 2.50 bits per heavy atom. The largest absolute Gasteiger partial charge is 0.508 e. The molecule has 0 heterocycles. The lowest BCUT2D eigenvalue weighted by Crippen LogP contribution is -2.61. The Kier molecular flexibility index (Phi) is 3.80. The molecular formula is C23H26O3. The van der Waals surface area contributed by atoms with Gasteiger partial charge in [-0.2, -0.15) is 0 Å². The minimum atomic E-state index is -1.30. The average Bonchev–Trinajstić information content (AvgIpc) is 2.63. The van der Waals surface area contributed by atoms with Gasteiger partial charge in [-0.3, -0.25) is 0 Å². The highest BCUT2D eigenvalue weighted by molar-refractivity contribution is 5.63. The molecule has 0 saturated heterocycles. The molecule has 136 valence electrons. The molecule has 2 aliphatic rings. The highest BCUT2D eigenvalue weighted by Gasteiger charge is 2.60. The van der Waals surface area contributed by atoms with Gasteiger partial charge in [0.05, 0.1) is 5.60 Å². The molecule has 2 aromatic carbocycles. The number of aliphatic hydroxyl groups is 2. The Labute approximate surface area is 154 Å². The molecule has 1 fully saturated rings. The maximum atomic E-state index is 11.6. The summed E-state index contributed by atoms with van der Waals surface area (Å²) in [7, 11) is 0. The van der Waals surface area contributed by atoms with Crippen molar-refractivity contribution >= 4 is 6.08 Å². The summed E-state index contributed by atoms with van der Waals surface area (Å²) < 4.78 is 0. The van der Waals surface area contributed by atoms with E-state index in [4.69, 9.17) is 0 Å². The Bertz CT molecular complexity index is 855. The van der Waals surface area contributed by atoms with Crippen molar-refractivity contribution in [2.45, 2.75) is 49.7 Å². The molecule has 4 atom stereocenters. The quantitative estimate of drug-likeness (QED) is 0.764. The van der Waals surface area contributed by atoms with Crippen molar-refractivity contribution in [3.63, 3.8) is 0 Å². The number of phenols is 1. The highest BCUT2D eigenvalue weighted by Crippen LogP contribution is 2.59. The molecule has 2 aromatic rings. The number of aromatic hydroxyl groups is 1. The molecule has 1 saturated carbocycles. The molecule has 0 aromatic heterocycles. The molecule has 0 bridgehead atoms. The summed E-state index contributed by atoms with van der Waals surface area (Å²) in [6.45, 7) is 3.90. The molecule has 26 heavy (non-hydrogen) atoms. The molecule has 0 amide bonds. The maximum absolute atomic E-state index is 11.6. The van der Waals surface area contributed by atoms with Crippen LogP contribution in [0.2, 0.25) is 0 Å². The van der Waals surface area contributed by atoms with Crippen LogP contribution in [0.3, 0.4) is 0 Å². The van der Waals surface area contributed by atoms with Gasteiger partial charge >= 0.3 is 0 Å². The first kappa shape index (κ1) is 17.3. The van der Waals surface area contributed by atoms with Crippen molar-refractivity contribution < 1.29 is 15.3 Å². The van der Waals surface area contributed by atoms with Crippen LogP contribution in [0.25, 0.3) is 6.08 Å². The summed E-state index contributed by atoms with van der Waals surface area (Å²) in [4.78, 5) is 0. The van der Waals surface area contributed by atoms with Crippen LogP contribution in [0.4, 0.5) is 0 Å². The van der Waals surface area contributed by atoms with E-state index in [1.54, 1.807) is 19.1 Å². The molecule has 3 heteroatoms. The normalized spacial score (nSPS) is 35.6. The van der Waals surface area contributed by atoms with E-state index in [0.717, 1.165) is 23.1 Å². The average molecular weight is 350 g/mol. The Morgan fingerprint density at radius 1 is 1.08 bits per heavy atom. The van der Waals surface area contributed by atoms with Gasteiger partial charge in [0.1, 0.15) is 11.4 Å². The monoisotopic (exact) mass is 350 g/mol. The minimum absolute atomic E-state index is 0.120.